The summed E-state index contributed by atoms with van der Waals surface area (Å²) in [5.74, 6) is -1.15. The highest BCUT2D eigenvalue weighted by Crippen LogP contribution is 2.32. The summed E-state index contributed by atoms with van der Waals surface area (Å²) in [4.78, 5) is 43.3. The highest BCUT2D eigenvalue weighted by molar-refractivity contribution is 6.31. The molecule has 10 nitrogen and oxygen atoms in total. The number of aromatic nitrogens is 2. The number of nitrogens with one attached hydrogen (secondary N) is 1. The van der Waals surface area contributed by atoms with Crippen molar-refractivity contribution < 1.29 is 27.9 Å². The van der Waals surface area contributed by atoms with Gasteiger partial charge in [0.15, 0.2) is 0 Å². The van der Waals surface area contributed by atoms with Crippen molar-refractivity contribution in [2.75, 3.05) is 7.05 Å². The molecule has 1 aromatic heterocycles. The largest absolute Gasteiger partial charge is 0.435 e. The van der Waals surface area contributed by atoms with E-state index in [1.807, 2.05) is 13.0 Å². The van der Waals surface area contributed by atoms with Crippen LogP contribution in [0.2, 0.25) is 5.02 Å². The van der Waals surface area contributed by atoms with Crippen LogP contribution in [-0.4, -0.2) is 63.0 Å². The van der Waals surface area contributed by atoms with Gasteiger partial charge >= 0.3 is 6.61 Å². The first-order chi connectivity index (χ1) is 19.6. The number of hydrogen-bond acceptors (Lipinski definition) is 6. The molecule has 0 bridgehead atoms. The minimum absolute atomic E-state index is 0.0230. The monoisotopic (exact) mass is 582 g/mol. The first-order valence-electron chi connectivity index (χ1n) is 12.8. The predicted molar refractivity (Wildman–Crippen MR) is 142 cm³/mol. The second-order valence-electron chi connectivity index (χ2n) is 9.83. The summed E-state index contributed by atoms with van der Waals surface area (Å²) in [5, 5.41) is 16.8. The Kier molecular flexibility index (Phi) is 7.64. The average molecular weight is 583 g/mol. The van der Waals surface area contributed by atoms with Gasteiger partial charge in [-0.1, -0.05) is 23.7 Å². The molecule has 0 unspecified atom stereocenters. The maximum atomic E-state index is 14.0. The van der Waals surface area contributed by atoms with E-state index >= 15 is 0 Å². The van der Waals surface area contributed by atoms with Gasteiger partial charge in [-0.2, -0.15) is 19.1 Å². The fraction of sp³-hybridized carbons (Fsp3) is 0.321. The van der Waals surface area contributed by atoms with E-state index in [1.54, 1.807) is 23.1 Å². The molecule has 3 amide bonds. The van der Waals surface area contributed by atoms with Crippen molar-refractivity contribution in [3.63, 3.8) is 0 Å². The number of ether oxygens (including phenoxy) is 1. The third kappa shape index (κ3) is 5.32. The summed E-state index contributed by atoms with van der Waals surface area (Å²) in [7, 11) is 1.48. The van der Waals surface area contributed by atoms with E-state index in [1.165, 1.54) is 40.9 Å². The standard InChI is InChI=1S/C28H25ClF2N6O4/c1-15-9-22-20(13-35(15)26(39)17-5-8-21(29)18(10-17)11-32)24-27(40)36(23(25(38)33-2)14-37(24)34-22)12-16-3-6-19(7-4-16)41-28(30)31/h3-8,10,15,23,28H,9,12-14H2,1-2H3,(H,33,38)/t15-,23-/m1/s1. The Labute approximate surface area is 239 Å². The van der Waals surface area contributed by atoms with E-state index in [0.717, 1.165) is 0 Å². The smallest absolute Gasteiger partial charge is 0.387 e. The van der Waals surface area contributed by atoms with Gasteiger partial charge in [0, 0.05) is 37.2 Å². The zero-order valence-corrected chi connectivity index (χ0v) is 22.9. The number of nitriles is 1. The van der Waals surface area contributed by atoms with Crippen molar-refractivity contribution in [1.82, 2.24) is 24.9 Å². The minimum Gasteiger partial charge on any atom is -0.435 e. The molecule has 2 aromatic carbocycles. The molecule has 5 rings (SSSR count). The van der Waals surface area contributed by atoms with Crippen molar-refractivity contribution in [2.45, 2.75) is 51.7 Å². The van der Waals surface area contributed by atoms with Crippen LogP contribution in [0.1, 0.15) is 50.2 Å². The summed E-state index contributed by atoms with van der Waals surface area (Å²) in [5.41, 5.74) is 2.65. The molecule has 1 N–H and O–H groups in total. The molecule has 0 saturated heterocycles. The lowest BCUT2D eigenvalue weighted by Gasteiger charge is -2.36. The molecular weight excluding hydrogens is 558 g/mol. The van der Waals surface area contributed by atoms with Crippen LogP contribution in [0.15, 0.2) is 42.5 Å². The molecule has 2 aliphatic heterocycles. The van der Waals surface area contributed by atoms with Crippen LogP contribution < -0.4 is 10.1 Å². The Balaban J connectivity index is 1.46. The molecule has 0 spiro atoms. The lowest BCUT2D eigenvalue weighted by molar-refractivity contribution is -0.126. The summed E-state index contributed by atoms with van der Waals surface area (Å²) >= 11 is 6.04. The van der Waals surface area contributed by atoms with Gasteiger partial charge in [0.2, 0.25) is 5.91 Å². The predicted octanol–water partition coefficient (Wildman–Crippen LogP) is 3.37. The van der Waals surface area contributed by atoms with Gasteiger partial charge in [-0.3, -0.25) is 19.1 Å². The van der Waals surface area contributed by atoms with E-state index in [4.69, 9.17) is 11.6 Å². The summed E-state index contributed by atoms with van der Waals surface area (Å²) < 4.78 is 31.0. The van der Waals surface area contributed by atoms with Gasteiger partial charge < -0.3 is 19.9 Å². The molecule has 2 atom stereocenters. The Morgan fingerprint density at radius 1 is 1.24 bits per heavy atom. The number of carbonyl (C=O) groups excluding carboxylic acids is 3. The minimum atomic E-state index is -2.96. The molecule has 2 aliphatic rings. The van der Waals surface area contributed by atoms with Gasteiger partial charge in [-0.25, -0.2) is 0 Å². The second kappa shape index (κ2) is 11.2. The Morgan fingerprint density at radius 3 is 2.63 bits per heavy atom. The van der Waals surface area contributed by atoms with E-state index in [0.29, 0.717) is 28.8 Å². The number of likely N-dealkylation sites (N-methyl/N-ethyl adjacent to an activating group) is 1. The zero-order valence-electron chi connectivity index (χ0n) is 22.1. The highest BCUT2D eigenvalue weighted by atomic mass is 35.5. The fourth-order valence-electron chi connectivity index (χ4n) is 5.23. The molecule has 41 heavy (non-hydrogen) atoms. The highest BCUT2D eigenvalue weighted by Gasteiger charge is 2.42. The van der Waals surface area contributed by atoms with Crippen LogP contribution in [0.25, 0.3) is 0 Å². The quantitative estimate of drug-likeness (QED) is 0.476. The average Bonchev–Trinajstić information content (AvgIpc) is 3.31. The molecule has 3 aromatic rings. The number of alkyl halides is 2. The fourth-order valence-corrected chi connectivity index (χ4v) is 5.39. The van der Waals surface area contributed by atoms with Gasteiger partial charge in [0.25, 0.3) is 11.8 Å². The molecule has 212 valence electrons. The summed E-state index contributed by atoms with van der Waals surface area (Å²) in [6, 6.07) is 11.2. The topological polar surface area (TPSA) is 121 Å². The third-order valence-electron chi connectivity index (χ3n) is 7.31. The van der Waals surface area contributed by atoms with E-state index in [2.05, 4.69) is 15.2 Å². The van der Waals surface area contributed by atoms with Crippen molar-refractivity contribution in [3.8, 4) is 11.8 Å². The number of amides is 3. The number of nitrogens with zero attached hydrogens (tertiary/aromatic N) is 5. The maximum absolute atomic E-state index is 14.0. The van der Waals surface area contributed by atoms with Crippen LogP contribution in [0.5, 0.6) is 5.75 Å². The lowest BCUT2D eigenvalue weighted by Crippen LogP contribution is -2.54. The van der Waals surface area contributed by atoms with Crippen molar-refractivity contribution in [3.05, 3.63) is 81.1 Å². The SMILES string of the molecule is CNC(=O)[C@H]1Cn2nc3c(c2C(=O)N1Cc1ccc(OC(F)F)cc1)CN(C(=O)c1ccc(Cl)c(C#N)c1)[C@H](C)C3. The third-order valence-corrected chi connectivity index (χ3v) is 7.64. The van der Waals surface area contributed by atoms with Gasteiger partial charge in [-0.15, -0.1) is 0 Å². The van der Waals surface area contributed by atoms with E-state index < -0.39 is 18.6 Å². The molecule has 0 radical (unpaired) electrons. The van der Waals surface area contributed by atoms with E-state index in [9.17, 15) is 28.4 Å². The summed E-state index contributed by atoms with van der Waals surface area (Å²) in [6.45, 7) is -0.837. The molecule has 0 saturated carbocycles. The molecular formula is C28H25ClF2N6O4. The number of carbonyl (C=O) groups is 3. The Morgan fingerprint density at radius 2 is 1.98 bits per heavy atom. The lowest BCUT2D eigenvalue weighted by atomic mass is 9.96. The number of hydrogen-bond donors (Lipinski definition) is 1. The first-order valence-corrected chi connectivity index (χ1v) is 13.1. The molecule has 0 aliphatic carbocycles. The second-order valence-corrected chi connectivity index (χ2v) is 10.2. The van der Waals surface area contributed by atoms with Crippen LogP contribution in [0.3, 0.4) is 0 Å². The van der Waals surface area contributed by atoms with Gasteiger partial charge in [-0.05, 0) is 42.8 Å². The first kappa shape index (κ1) is 28.0. The number of fused-ring (bicyclic) bond motifs is 3. The number of rotatable bonds is 6. The van der Waals surface area contributed by atoms with Crippen molar-refractivity contribution in [2.24, 2.45) is 0 Å². The van der Waals surface area contributed by atoms with Gasteiger partial charge in [0.1, 0.15) is 23.6 Å². The van der Waals surface area contributed by atoms with Crippen LogP contribution in [-0.2, 0) is 30.8 Å². The summed E-state index contributed by atoms with van der Waals surface area (Å²) in [6.07, 6.45) is 0.392. The Hall–Kier alpha value is -4.50. The molecule has 3 heterocycles. The van der Waals surface area contributed by atoms with Crippen molar-refractivity contribution >= 4 is 29.3 Å². The van der Waals surface area contributed by atoms with E-state index in [-0.39, 0.29) is 59.5 Å². The maximum Gasteiger partial charge on any atom is 0.387 e. The zero-order chi connectivity index (χ0) is 29.4. The molecule has 0 fully saturated rings. The van der Waals surface area contributed by atoms with Gasteiger partial charge in [0.05, 0.1) is 29.4 Å². The number of halogens is 3. The normalized spacial score (nSPS) is 18.0. The Bertz CT molecular complexity index is 1570. The van der Waals surface area contributed by atoms with Crippen LogP contribution >= 0.6 is 11.6 Å². The van der Waals surface area contributed by atoms with Crippen LogP contribution in [0, 0.1) is 11.3 Å². The van der Waals surface area contributed by atoms with Crippen LogP contribution in [0.4, 0.5) is 8.78 Å². The van der Waals surface area contributed by atoms with Crippen molar-refractivity contribution in [1.29, 1.82) is 5.26 Å². The number of benzene rings is 2. The molecule has 13 heteroatoms.